The van der Waals surface area contributed by atoms with Crippen LogP contribution < -0.4 is 16.8 Å². The smallest absolute Gasteiger partial charge is 0.338 e. The van der Waals surface area contributed by atoms with E-state index in [-0.39, 0.29) is 6.42 Å². The number of primary amides is 1. The summed E-state index contributed by atoms with van der Waals surface area (Å²) in [5, 5.41) is 2.53. The lowest BCUT2D eigenvalue weighted by Crippen LogP contribution is -2.38. The van der Waals surface area contributed by atoms with E-state index >= 15 is 0 Å². The summed E-state index contributed by atoms with van der Waals surface area (Å²) < 4.78 is 4.98. The lowest BCUT2D eigenvalue weighted by Gasteiger charge is -2.11. The second-order valence-electron chi connectivity index (χ2n) is 4.48. The molecule has 0 fully saturated rings. The summed E-state index contributed by atoms with van der Waals surface area (Å²) in [6, 6.07) is 5.17. The Morgan fingerprint density at radius 3 is 2.38 bits per heavy atom. The molecule has 1 aromatic rings. The molecule has 0 bridgehead atoms. The van der Waals surface area contributed by atoms with Gasteiger partial charge in [0, 0.05) is 5.69 Å². The molecule has 0 aliphatic heterocycles. The summed E-state index contributed by atoms with van der Waals surface area (Å²) in [6.07, 6.45) is 0.519. The van der Waals surface area contributed by atoms with E-state index in [2.05, 4.69) is 5.32 Å². The zero-order valence-corrected chi connectivity index (χ0v) is 11.8. The molecule has 0 spiro atoms. The number of esters is 1. The van der Waals surface area contributed by atoms with E-state index < -0.39 is 23.8 Å². The molecule has 1 aromatic carbocycles. The molecule has 2 amide bonds. The molecule has 1 atom stereocenters. The van der Waals surface area contributed by atoms with Crippen LogP contribution in [0.1, 0.15) is 30.1 Å². The van der Waals surface area contributed by atoms with E-state index in [0.717, 1.165) is 6.42 Å². The van der Waals surface area contributed by atoms with E-state index in [1.807, 2.05) is 6.92 Å². The Hall–Kier alpha value is -2.41. The number of carbonyl (C=O) groups excluding carboxylic acids is 3. The Kier molecular flexibility index (Phi) is 6.35. The van der Waals surface area contributed by atoms with Crippen LogP contribution in [0.2, 0.25) is 0 Å². The zero-order valence-electron chi connectivity index (χ0n) is 11.8. The fourth-order valence-electron chi connectivity index (χ4n) is 1.51. The average Bonchev–Trinajstić information content (AvgIpc) is 2.44. The van der Waals surface area contributed by atoms with Crippen molar-refractivity contribution in [2.45, 2.75) is 25.8 Å². The summed E-state index contributed by atoms with van der Waals surface area (Å²) in [5.41, 5.74) is 11.3. The van der Waals surface area contributed by atoms with E-state index in [9.17, 15) is 14.4 Å². The molecule has 7 heteroatoms. The van der Waals surface area contributed by atoms with Crippen molar-refractivity contribution >= 4 is 23.5 Å². The van der Waals surface area contributed by atoms with Crippen LogP contribution in [0.25, 0.3) is 0 Å². The summed E-state index contributed by atoms with van der Waals surface area (Å²) in [6.45, 7) is 2.26. The standard InChI is InChI=1S/C14H19N3O4/c1-2-7-21-14(20)9-3-5-10(6-4-9)17-13(19)11(15)8-12(16)18/h3-6,11H,2,7-8,15H2,1H3,(H2,16,18)(H,17,19). The summed E-state index contributed by atoms with van der Waals surface area (Å²) in [5.74, 6) is -1.58. The van der Waals surface area contributed by atoms with Crippen LogP contribution in [0.4, 0.5) is 5.69 Å². The van der Waals surface area contributed by atoms with Crippen molar-refractivity contribution in [2.75, 3.05) is 11.9 Å². The minimum atomic E-state index is -1.00. The molecule has 1 rings (SSSR count). The van der Waals surface area contributed by atoms with Crippen molar-refractivity contribution in [1.29, 1.82) is 0 Å². The highest BCUT2D eigenvalue weighted by molar-refractivity contribution is 5.97. The third-order valence-corrected chi connectivity index (χ3v) is 2.58. The number of hydrogen-bond donors (Lipinski definition) is 3. The van der Waals surface area contributed by atoms with Gasteiger partial charge >= 0.3 is 5.97 Å². The molecule has 0 saturated carbocycles. The highest BCUT2D eigenvalue weighted by atomic mass is 16.5. The second kappa shape index (κ2) is 8.01. The molecule has 21 heavy (non-hydrogen) atoms. The number of benzene rings is 1. The van der Waals surface area contributed by atoms with Crippen molar-refractivity contribution in [3.8, 4) is 0 Å². The minimum Gasteiger partial charge on any atom is -0.462 e. The topological polar surface area (TPSA) is 125 Å². The maximum Gasteiger partial charge on any atom is 0.338 e. The van der Waals surface area contributed by atoms with Gasteiger partial charge in [0.25, 0.3) is 0 Å². The first-order chi connectivity index (χ1) is 9.93. The van der Waals surface area contributed by atoms with Crippen LogP contribution >= 0.6 is 0 Å². The molecule has 114 valence electrons. The number of anilines is 1. The molecule has 5 N–H and O–H groups in total. The van der Waals surface area contributed by atoms with Gasteiger partial charge in [0.15, 0.2) is 0 Å². The number of amides is 2. The lowest BCUT2D eigenvalue weighted by molar-refractivity contribution is -0.123. The van der Waals surface area contributed by atoms with Crippen LogP contribution in [-0.4, -0.2) is 30.4 Å². The third-order valence-electron chi connectivity index (χ3n) is 2.58. The molecule has 7 nitrogen and oxygen atoms in total. The average molecular weight is 293 g/mol. The van der Waals surface area contributed by atoms with E-state index in [1.54, 1.807) is 12.1 Å². The summed E-state index contributed by atoms with van der Waals surface area (Å²) >= 11 is 0. The normalized spacial score (nSPS) is 11.5. The van der Waals surface area contributed by atoms with Crippen LogP contribution in [0, 0.1) is 0 Å². The van der Waals surface area contributed by atoms with Crippen molar-refractivity contribution in [1.82, 2.24) is 0 Å². The fraction of sp³-hybridized carbons (Fsp3) is 0.357. The van der Waals surface area contributed by atoms with Gasteiger partial charge in [-0.1, -0.05) is 6.92 Å². The summed E-state index contributed by atoms with van der Waals surface area (Å²) in [4.78, 5) is 33.9. The van der Waals surface area contributed by atoms with Gasteiger partial charge < -0.3 is 21.5 Å². The van der Waals surface area contributed by atoms with Crippen molar-refractivity contribution in [3.63, 3.8) is 0 Å². The Labute approximate surface area is 122 Å². The predicted molar refractivity (Wildman–Crippen MR) is 77.4 cm³/mol. The molecular weight excluding hydrogens is 274 g/mol. The van der Waals surface area contributed by atoms with Gasteiger partial charge in [-0.15, -0.1) is 0 Å². The number of hydrogen-bond acceptors (Lipinski definition) is 5. The predicted octanol–water partition coefficient (Wildman–Crippen LogP) is 0.395. The van der Waals surface area contributed by atoms with Gasteiger partial charge in [-0.05, 0) is 30.7 Å². The Bertz CT molecular complexity index is 513. The molecule has 0 heterocycles. The van der Waals surface area contributed by atoms with Crippen molar-refractivity contribution < 1.29 is 19.1 Å². The molecule has 0 radical (unpaired) electrons. The molecule has 1 unspecified atom stereocenters. The number of ether oxygens (including phenoxy) is 1. The first kappa shape index (κ1) is 16.6. The van der Waals surface area contributed by atoms with Gasteiger partial charge in [-0.3, -0.25) is 9.59 Å². The van der Waals surface area contributed by atoms with Crippen LogP contribution in [0.15, 0.2) is 24.3 Å². The van der Waals surface area contributed by atoms with E-state index in [4.69, 9.17) is 16.2 Å². The van der Waals surface area contributed by atoms with Gasteiger partial charge in [0.2, 0.25) is 11.8 Å². The van der Waals surface area contributed by atoms with Crippen molar-refractivity contribution in [2.24, 2.45) is 11.5 Å². The molecule has 0 aliphatic rings. The van der Waals surface area contributed by atoms with Crippen LogP contribution in [0.5, 0.6) is 0 Å². The first-order valence-electron chi connectivity index (χ1n) is 6.56. The Balaban J connectivity index is 2.60. The highest BCUT2D eigenvalue weighted by Gasteiger charge is 2.16. The zero-order chi connectivity index (χ0) is 15.8. The second-order valence-corrected chi connectivity index (χ2v) is 4.48. The van der Waals surface area contributed by atoms with Gasteiger partial charge in [-0.25, -0.2) is 4.79 Å². The quantitative estimate of drug-likeness (QED) is 0.627. The maximum atomic E-state index is 11.7. The fourth-order valence-corrected chi connectivity index (χ4v) is 1.51. The van der Waals surface area contributed by atoms with E-state index in [1.165, 1.54) is 12.1 Å². The highest BCUT2D eigenvalue weighted by Crippen LogP contribution is 2.11. The lowest BCUT2D eigenvalue weighted by atomic mass is 10.1. The Morgan fingerprint density at radius 2 is 1.86 bits per heavy atom. The van der Waals surface area contributed by atoms with Crippen LogP contribution in [0.3, 0.4) is 0 Å². The Morgan fingerprint density at radius 1 is 1.24 bits per heavy atom. The number of nitrogens with two attached hydrogens (primary N) is 2. The monoisotopic (exact) mass is 293 g/mol. The first-order valence-corrected chi connectivity index (χ1v) is 6.56. The van der Waals surface area contributed by atoms with E-state index in [0.29, 0.717) is 17.9 Å². The van der Waals surface area contributed by atoms with Gasteiger partial charge in [0.1, 0.15) is 0 Å². The molecular formula is C14H19N3O4. The van der Waals surface area contributed by atoms with Gasteiger partial charge in [-0.2, -0.15) is 0 Å². The molecule has 0 saturated heterocycles. The number of nitrogens with one attached hydrogen (secondary N) is 1. The molecule has 0 aliphatic carbocycles. The number of rotatable bonds is 7. The van der Waals surface area contributed by atoms with Crippen molar-refractivity contribution in [3.05, 3.63) is 29.8 Å². The maximum absolute atomic E-state index is 11.7. The summed E-state index contributed by atoms with van der Waals surface area (Å²) in [7, 11) is 0. The molecule has 0 aromatic heterocycles. The minimum absolute atomic E-state index is 0.229. The largest absolute Gasteiger partial charge is 0.462 e. The third kappa shape index (κ3) is 5.62. The van der Waals surface area contributed by atoms with Crippen LogP contribution in [-0.2, 0) is 14.3 Å². The SMILES string of the molecule is CCCOC(=O)c1ccc(NC(=O)C(N)CC(N)=O)cc1. The van der Waals surface area contributed by atoms with Gasteiger partial charge in [0.05, 0.1) is 24.6 Å². The number of carbonyl (C=O) groups is 3.